The van der Waals surface area contributed by atoms with Crippen molar-refractivity contribution < 1.29 is 31.6 Å². The Kier molecular flexibility index (Phi) is 4.04. The second kappa shape index (κ2) is 5.00. The zero-order valence-electron chi connectivity index (χ0n) is 8.04. The first-order valence-corrected chi connectivity index (χ1v) is 4.79. The summed E-state index contributed by atoms with van der Waals surface area (Å²) in [6.07, 6.45) is -8.30. The quantitative estimate of drug-likeness (QED) is 0.366. The fourth-order valence-electron chi connectivity index (χ4n) is 1.06. The summed E-state index contributed by atoms with van der Waals surface area (Å²) in [7, 11) is 0. The highest BCUT2D eigenvalue weighted by Gasteiger charge is 2.38. The van der Waals surface area contributed by atoms with Gasteiger partial charge in [-0.25, -0.2) is 13.8 Å². The fraction of sp³-hybridized carbons (Fsp3) is 0.286. The van der Waals surface area contributed by atoms with Crippen molar-refractivity contribution in [2.45, 2.75) is 12.8 Å². The molecule has 0 radical (unpaired) electrons. The van der Waals surface area contributed by atoms with Crippen LogP contribution in [0.25, 0.3) is 0 Å². The Hall–Kier alpha value is -1.52. The molecule has 0 aromatic carbocycles. The van der Waals surface area contributed by atoms with Gasteiger partial charge < -0.3 is 4.74 Å². The van der Waals surface area contributed by atoms with Crippen molar-refractivity contribution in [2.75, 3.05) is 0 Å². The lowest BCUT2D eigenvalue weighted by atomic mass is 10.2. The Balaban J connectivity index is 3.44. The SMILES string of the molecule is O=[N+]([O-])c1c(OC(F)(F)F)cnc(Br)c1C(F)F. The molecule has 0 aliphatic carbocycles. The van der Waals surface area contributed by atoms with Crippen molar-refractivity contribution in [1.29, 1.82) is 0 Å². The summed E-state index contributed by atoms with van der Waals surface area (Å²) in [6.45, 7) is 0. The molecule has 1 aromatic rings. The molecule has 1 rings (SSSR count). The van der Waals surface area contributed by atoms with Gasteiger partial charge in [0.25, 0.3) is 6.43 Å². The second-order valence-electron chi connectivity index (χ2n) is 2.78. The van der Waals surface area contributed by atoms with Gasteiger partial charge in [-0.2, -0.15) is 0 Å². The van der Waals surface area contributed by atoms with Crippen LogP contribution in [0.1, 0.15) is 12.0 Å². The number of pyridine rings is 1. The van der Waals surface area contributed by atoms with Gasteiger partial charge in [-0.1, -0.05) is 0 Å². The summed E-state index contributed by atoms with van der Waals surface area (Å²) in [5, 5.41) is 10.6. The molecule has 0 unspecified atom stereocenters. The Labute approximate surface area is 104 Å². The van der Waals surface area contributed by atoms with Crippen LogP contribution in [-0.2, 0) is 0 Å². The van der Waals surface area contributed by atoms with Crippen LogP contribution in [0.4, 0.5) is 27.6 Å². The highest BCUT2D eigenvalue weighted by molar-refractivity contribution is 9.10. The van der Waals surface area contributed by atoms with E-state index in [1.165, 1.54) is 0 Å². The van der Waals surface area contributed by atoms with Crippen LogP contribution in [-0.4, -0.2) is 16.3 Å². The van der Waals surface area contributed by atoms with Gasteiger partial charge in [0.2, 0.25) is 5.75 Å². The molecular formula is C7H2BrF5N2O3. The van der Waals surface area contributed by atoms with E-state index in [-0.39, 0.29) is 0 Å². The smallest absolute Gasteiger partial charge is 0.397 e. The maximum atomic E-state index is 12.6. The third-order valence-corrected chi connectivity index (χ3v) is 2.26. The number of ether oxygens (including phenoxy) is 1. The average Bonchev–Trinajstić information content (AvgIpc) is 2.17. The van der Waals surface area contributed by atoms with E-state index >= 15 is 0 Å². The first-order chi connectivity index (χ1) is 8.13. The molecule has 18 heavy (non-hydrogen) atoms. The highest BCUT2D eigenvalue weighted by atomic mass is 79.9. The number of nitrogens with zero attached hydrogens (tertiary/aromatic N) is 2. The topological polar surface area (TPSA) is 65.3 Å². The predicted octanol–water partition coefficient (Wildman–Crippen LogP) is 3.59. The van der Waals surface area contributed by atoms with E-state index in [4.69, 9.17) is 0 Å². The molecule has 0 spiro atoms. The first kappa shape index (κ1) is 14.5. The number of rotatable bonds is 3. The molecule has 0 bridgehead atoms. The molecule has 1 aromatic heterocycles. The Morgan fingerprint density at radius 3 is 2.39 bits per heavy atom. The van der Waals surface area contributed by atoms with Crippen molar-refractivity contribution in [1.82, 2.24) is 4.98 Å². The van der Waals surface area contributed by atoms with Crippen LogP contribution in [0.15, 0.2) is 10.8 Å². The zero-order chi connectivity index (χ0) is 14.1. The largest absolute Gasteiger partial charge is 0.573 e. The van der Waals surface area contributed by atoms with Crippen LogP contribution < -0.4 is 4.74 Å². The molecule has 0 aliphatic rings. The van der Waals surface area contributed by atoms with Gasteiger partial charge in [0, 0.05) is 0 Å². The molecule has 0 aliphatic heterocycles. The first-order valence-electron chi connectivity index (χ1n) is 4.00. The summed E-state index contributed by atoms with van der Waals surface area (Å²) in [6, 6.07) is 0. The van der Waals surface area contributed by atoms with E-state index in [1.54, 1.807) is 0 Å². The molecular weight excluding hydrogens is 335 g/mol. The fourth-order valence-corrected chi connectivity index (χ4v) is 1.52. The van der Waals surface area contributed by atoms with Gasteiger partial charge in [-0.3, -0.25) is 10.1 Å². The highest BCUT2D eigenvalue weighted by Crippen LogP contribution is 2.41. The van der Waals surface area contributed by atoms with Gasteiger partial charge in [-0.05, 0) is 15.9 Å². The van der Waals surface area contributed by atoms with Crippen LogP contribution in [0, 0.1) is 10.1 Å². The van der Waals surface area contributed by atoms with Gasteiger partial charge in [0.1, 0.15) is 10.2 Å². The molecule has 0 amide bonds. The molecule has 5 nitrogen and oxygen atoms in total. The molecule has 0 fully saturated rings. The van der Waals surface area contributed by atoms with Crippen LogP contribution >= 0.6 is 15.9 Å². The van der Waals surface area contributed by atoms with Crippen LogP contribution in [0.2, 0.25) is 0 Å². The van der Waals surface area contributed by atoms with E-state index in [0.717, 1.165) is 0 Å². The lowest BCUT2D eigenvalue weighted by molar-refractivity contribution is -0.390. The number of nitro groups is 1. The number of halogens is 6. The summed E-state index contributed by atoms with van der Waals surface area (Å²) < 4.78 is 63.6. The van der Waals surface area contributed by atoms with Crippen molar-refractivity contribution in [3.05, 3.63) is 26.5 Å². The van der Waals surface area contributed by atoms with Crippen molar-refractivity contribution in [3.8, 4) is 5.75 Å². The molecule has 100 valence electrons. The Morgan fingerprint density at radius 2 is 2.00 bits per heavy atom. The maximum Gasteiger partial charge on any atom is 0.573 e. The number of aromatic nitrogens is 1. The standard InChI is InChI=1S/C7H2BrF5N2O3/c8-5-3(6(9)10)4(15(16)17)2(1-14-5)18-7(11,12)13/h1,6H. The minimum Gasteiger partial charge on any atom is -0.397 e. The van der Waals surface area contributed by atoms with Gasteiger partial charge in [0.05, 0.1) is 11.1 Å². The number of alkyl halides is 5. The second-order valence-corrected chi connectivity index (χ2v) is 3.53. The number of hydrogen-bond donors (Lipinski definition) is 0. The maximum absolute atomic E-state index is 12.6. The number of hydrogen-bond acceptors (Lipinski definition) is 4. The minimum atomic E-state index is -5.25. The van der Waals surface area contributed by atoms with Crippen molar-refractivity contribution in [3.63, 3.8) is 0 Å². The molecule has 0 saturated carbocycles. The lowest BCUT2D eigenvalue weighted by Crippen LogP contribution is -2.18. The predicted molar refractivity (Wildman–Crippen MR) is 50.2 cm³/mol. The van der Waals surface area contributed by atoms with Crippen molar-refractivity contribution >= 4 is 21.6 Å². The molecule has 11 heteroatoms. The third-order valence-electron chi connectivity index (χ3n) is 1.63. The molecule has 0 N–H and O–H groups in total. The summed E-state index contributed by atoms with van der Waals surface area (Å²) in [5.41, 5.74) is -2.76. The Bertz CT molecular complexity index is 479. The molecule has 0 atom stereocenters. The van der Waals surface area contributed by atoms with E-state index in [0.29, 0.717) is 6.20 Å². The normalized spacial score (nSPS) is 11.7. The van der Waals surface area contributed by atoms with Gasteiger partial charge in [0.15, 0.2) is 0 Å². The summed E-state index contributed by atoms with van der Waals surface area (Å²) in [5.74, 6) is -1.40. The van der Waals surface area contributed by atoms with Gasteiger partial charge in [-0.15, -0.1) is 13.2 Å². The minimum absolute atomic E-state index is 0.335. The molecule has 0 saturated heterocycles. The summed E-state index contributed by atoms with van der Waals surface area (Å²) >= 11 is 2.50. The lowest BCUT2D eigenvalue weighted by Gasteiger charge is -2.11. The van der Waals surface area contributed by atoms with E-state index in [1.807, 2.05) is 0 Å². The Morgan fingerprint density at radius 1 is 1.44 bits per heavy atom. The summed E-state index contributed by atoms with van der Waals surface area (Å²) in [4.78, 5) is 12.3. The monoisotopic (exact) mass is 336 g/mol. The van der Waals surface area contributed by atoms with Gasteiger partial charge >= 0.3 is 12.0 Å². The average molecular weight is 337 g/mol. The van der Waals surface area contributed by atoms with E-state index in [2.05, 4.69) is 25.7 Å². The third kappa shape index (κ3) is 3.24. The zero-order valence-corrected chi connectivity index (χ0v) is 9.63. The molecule has 1 heterocycles. The van der Waals surface area contributed by atoms with Crippen molar-refractivity contribution in [2.24, 2.45) is 0 Å². The van der Waals surface area contributed by atoms with E-state index in [9.17, 15) is 32.1 Å². The van der Waals surface area contributed by atoms with E-state index < -0.39 is 39.3 Å². The van der Waals surface area contributed by atoms with Crippen LogP contribution in [0.3, 0.4) is 0 Å². The van der Waals surface area contributed by atoms with Crippen LogP contribution in [0.5, 0.6) is 5.75 Å².